The average molecular weight is 290 g/mol. The fourth-order valence-electron chi connectivity index (χ4n) is 2.05. The molecular weight excluding hydrogens is 272 g/mol. The molecule has 0 aliphatic carbocycles. The SMILES string of the molecule is CCOc1ccc(OCC)c(-c2cc(C(=O)O)n(C)n2)c1. The van der Waals surface area contributed by atoms with Gasteiger partial charge in [-0.15, -0.1) is 0 Å². The summed E-state index contributed by atoms with van der Waals surface area (Å²) in [5, 5.41) is 13.4. The zero-order valence-electron chi connectivity index (χ0n) is 12.3. The Labute approximate surface area is 122 Å². The highest BCUT2D eigenvalue weighted by molar-refractivity contribution is 5.87. The van der Waals surface area contributed by atoms with Crippen molar-refractivity contribution < 1.29 is 19.4 Å². The molecule has 1 heterocycles. The molecule has 0 amide bonds. The van der Waals surface area contributed by atoms with E-state index in [-0.39, 0.29) is 5.69 Å². The fraction of sp³-hybridized carbons (Fsp3) is 0.333. The number of aryl methyl sites for hydroxylation is 1. The molecule has 112 valence electrons. The zero-order valence-corrected chi connectivity index (χ0v) is 12.3. The summed E-state index contributed by atoms with van der Waals surface area (Å²) in [4.78, 5) is 11.1. The number of hydrogen-bond donors (Lipinski definition) is 1. The first kappa shape index (κ1) is 14.9. The monoisotopic (exact) mass is 290 g/mol. The summed E-state index contributed by atoms with van der Waals surface area (Å²) in [7, 11) is 1.60. The number of aromatic carboxylic acids is 1. The smallest absolute Gasteiger partial charge is 0.354 e. The van der Waals surface area contributed by atoms with Crippen LogP contribution >= 0.6 is 0 Å². The number of ether oxygens (including phenoxy) is 2. The van der Waals surface area contributed by atoms with Gasteiger partial charge in [-0.05, 0) is 38.1 Å². The molecule has 0 spiro atoms. The van der Waals surface area contributed by atoms with Crippen molar-refractivity contribution in [1.82, 2.24) is 9.78 Å². The van der Waals surface area contributed by atoms with Crippen LogP contribution in [0, 0.1) is 0 Å². The van der Waals surface area contributed by atoms with E-state index >= 15 is 0 Å². The van der Waals surface area contributed by atoms with Crippen LogP contribution in [0.5, 0.6) is 11.5 Å². The van der Waals surface area contributed by atoms with Crippen LogP contribution in [-0.2, 0) is 7.05 Å². The Bertz CT molecular complexity index is 649. The van der Waals surface area contributed by atoms with Gasteiger partial charge in [0.1, 0.15) is 17.2 Å². The molecule has 0 aliphatic heterocycles. The third kappa shape index (κ3) is 3.16. The van der Waals surface area contributed by atoms with Gasteiger partial charge < -0.3 is 14.6 Å². The van der Waals surface area contributed by atoms with Crippen LogP contribution < -0.4 is 9.47 Å². The minimum atomic E-state index is -1.02. The number of carboxylic acid groups (broad SMARTS) is 1. The van der Waals surface area contributed by atoms with E-state index in [1.165, 1.54) is 10.7 Å². The highest BCUT2D eigenvalue weighted by Crippen LogP contribution is 2.33. The lowest BCUT2D eigenvalue weighted by Crippen LogP contribution is -2.04. The Kier molecular flexibility index (Phi) is 4.47. The molecular formula is C15H18N2O4. The van der Waals surface area contributed by atoms with E-state index in [9.17, 15) is 4.79 Å². The second-order valence-electron chi connectivity index (χ2n) is 4.37. The van der Waals surface area contributed by atoms with Crippen molar-refractivity contribution in [1.29, 1.82) is 0 Å². The van der Waals surface area contributed by atoms with Crippen LogP contribution in [0.25, 0.3) is 11.3 Å². The maximum atomic E-state index is 11.1. The third-order valence-electron chi connectivity index (χ3n) is 2.94. The number of carboxylic acids is 1. The molecule has 21 heavy (non-hydrogen) atoms. The molecule has 1 N–H and O–H groups in total. The van der Waals surface area contributed by atoms with Crippen molar-refractivity contribution in [2.24, 2.45) is 7.05 Å². The highest BCUT2D eigenvalue weighted by atomic mass is 16.5. The predicted molar refractivity (Wildman–Crippen MR) is 77.9 cm³/mol. The number of carbonyl (C=O) groups is 1. The van der Waals surface area contributed by atoms with Gasteiger partial charge in [0.15, 0.2) is 0 Å². The maximum absolute atomic E-state index is 11.1. The van der Waals surface area contributed by atoms with E-state index in [4.69, 9.17) is 14.6 Å². The minimum Gasteiger partial charge on any atom is -0.494 e. The summed E-state index contributed by atoms with van der Waals surface area (Å²) >= 11 is 0. The van der Waals surface area contributed by atoms with Crippen LogP contribution in [0.2, 0.25) is 0 Å². The van der Waals surface area contributed by atoms with Gasteiger partial charge in [0.2, 0.25) is 0 Å². The molecule has 1 aromatic carbocycles. The number of nitrogens with zero attached hydrogens (tertiary/aromatic N) is 2. The molecule has 6 nitrogen and oxygen atoms in total. The Morgan fingerprint density at radius 3 is 2.52 bits per heavy atom. The molecule has 0 atom stereocenters. The number of hydrogen-bond acceptors (Lipinski definition) is 4. The first-order chi connectivity index (χ1) is 10.1. The summed E-state index contributed by atoms with van der Waals surface area (Å²) in [6.45, 7) is 4.86. The Morgan fingerprint density at radius 1 is 1.24 bits per heavy atom. The quantitative estimate of drug-likeness (QED) is 0.885. The third-order valence-corrected chi connectivity index (χ3v) is 2.94. The lowest BCUT2D eigenvalue weighted by molar-refractivity contribution is 0.0685. The van der Waals surface area contributed by atoms with Crippen LogP contribution in [0.4, 0.5) is 0 Å². The molecule has 2 rings (SSSR count). The predicted octanol–water partition coefficient (Wildman–Crippen LogP) is 2.58. The van der Waals surface area contributed by atoms with E-state index < -0.39 is 5.97 Å². The molecule has 0 unspecified atom stereocenters. The van der Waals surface area contributed by atoms with E-state index in [2.05, 4.69) is 5.10 Å². The van der Waals surface area contributed by atoms with Crippen LogP contribution in [0.3, 0.4) is 0 Å². The number of aromatic nitrogens is 2. The van der Waals surface area contributed by atoms with Crippen molar-refractivity contribution >= 4 is 5.97 Å². The Morgan fingerprint density at radius 2 is 1.95 bits per heavy atom. The average Bonchev–Trinajstić information content (AvgIpc) is 2.83. The molecule has 0 fully saturated rings. The summed E-state index contributed by atoms with van der Waals surface area (Å²) < 4.78 is 12.4. The Balaban J connectivity index is 2.51. The molecule has 0 radical (unpaired) electrons. The van der Waals surface area contributed by atoms with Crippen LogP contribution in [-0.4, -0.2) is 34.1 Å². The normalized spacial score (nSPS) is 10.4. The van der Waals surface area contributed by atoms with Gasteiger partial charge in [-0.1, -0.05) is 0 Å². The summed E-state index contributed by atoms with van der Waals surface area (Å²) in [5.41, 5.74) is 1.38. The lowest BCUT2D eigenvalue weighted by atomic mass is 10.1. The molecule has 0 saturated carbocycles. The lowest BCUT2D eigenvalue weighted by Gasteiger charge is -2.11. The standard InChI is InChI=1S/C15H18N2O4/c1-4-20-10-6-7-14(21-5-2)11(8-10)12-9-13(15(18)19)17(3)16-12/h6-9H,4-5H2,1-3H3,(H,18,19). The molecule has 2 aromatic rings. The van der Waals surface area contributed by atoms with Crippen LogP contribution in [0.15, 0.2) is 24.3 Å². The topological polar surface area (TPSA) is 73.6 Å². The van der Waals surface area contributed by atoms with Crippen molar-refractivity contribution in [3.05, 3.63) is 30.0 Å². The minimum absolute atomic E-state index is 0.120. The first-order valence-corrected chi connectivity index (χ1v) is 6.74. The number of rotatable bonds is 6. The van der Waals surface area contributed by atoms with Crippen molar-refractivity contribution in [3.63, 3.8) is 0 Å². The Hall–Kier alpha value is -2.50. The van der Waals surface area contributed by atoms with E-state index in [1.54, 1.807) is 13.1 Å². The van der Waals surface area contributed by atoms with Gasteiger partial charge in [-0.2, -0.15) is 5.10 Å². The number of benzene rings is 1. The van der Waals surface area contributed by atoms with Crippen LogP contribution in [0.1, 0.15) is 24.3 Å². The second kappa shape index (κ2) is 6.30. The van der Waals surface area contributed by atoms with Gasteiger partial charge in [-0.3, -0.25) is 4.68 Å². The van der Waals surface area contributed by atoms with Gasteiger partial charge in [0, 0.05) is 12.6 Å². The molecule has 1 aromatic heterocycles. The zero-order chi connectivity index (χ0) is 15.4. The molecule has 6 heteroatoms. The summed E-state index contributed by atoms with van der Waals surface area (Å²) in [5.74, 6) is 0.324. The van der Waals surface area contributed by atoms with Gasteiger partial charge >= 0.3 is 5.97 Å². The van der Waals surface area contributed by atoms with Crippen molar-refractivity contribution in [2.75, 3.05) is 13.2 Å². The van der Waals surface area contributed by atoms with E-state index in [0.717, 1.165) is 0 Å². The van der Waals surface area contributed by atoms with Gasteiger partial charge in [0.25, 0.3) is 0 Å². The molecule has 0 aliphatic rings. The van der Waals surface area contributed by atoms with Gasteiger partial charge in [0.05, 0.1) is 18.9 Å². The molecule has 0 bridgehead atoms. The fourth-order valence-corrected chi connectivity index (χ4v) is 2.05. The van der Waals surface area contributed by atoms with E-state index in [1.807, 2.05) is 26.0 Å². The maximum Gasteiger partial charge on any atom is 0.354 e. The summed E-state index contributed by atoms with van der Waals surface area (Å²) in [6.07, 6.45) is 0. The summed E-state index contributed by atoms with van der Waals surface area (Å²) in [6, 6.07) is 6.95. The van der Waals surface area contributed by atoms with Crippen molar-refractivity contribution in [3.8, 4) is 22.8 Å². The second-order valence-corrected chi connectivity index (χ2v) is 4.37. The largest absolute Gasteiger partial charge is 0.494 e. The molecule has 0 saturated heterocycles. The van der Waals surface area contributed by atoms with Crippen molar-refractivity contribution in [2.45, 2.75) is 13.8 Å². The van der Waals surface area contributed by atoms with Gasteiger partial charge in [-0.25, -0.2) is 4.79 Å². The van der Waals surface area contributed by atoms with E-state index in [0.29, 0.717) is 36.0 Å². The highest BCUT2D eigenvalue weighted by Gasteiger charge is 2.16. The first-order valence-electron chi connectivity index (χ1n) is 6.74.